The first-order chi connectivity index (χ1) is 4.20. The molecule has 0 aromatic carbocycles. The Hall–Kier alpha value is -0.460. The van der Waals surface area contributed by atoms with Gasteiger partial charge in [0.25, 0.3) is 0 Å². The minimum Gasteiger partial charge on any atom is -0.495 e. The van der Waals surface area contributed by atoms with Gasteiger partial charge in [0.2, 0.25) is 0 Å². The van der Waals surface area contributed by atoms with Crippen LogP contribution in [0.4, 0.5) is 0 Å². The summed E-state index contributed by atoms with van der Waals surface area (Å²) in [6.45, 7) is 6.31. The van der Waals surface area contributed by atoms with E-state index < -0.39 is 0 Å². The van der Waals surface area contributed by atoms with Gasteiger partial charge in [-0.3, -0.25) is 0 Å². The van der Waals surface area contributed by atoms with Gasteiger partial charge in [0, 0.05) is 0 Å². The average Bonchev–Trinajstić information content (AvgIpc) is 1.80. The van der Waals surface area contributed by atoms with Gasteiger partial charge in [-0.15, -0.1) is 0 Å². The van der Waals surface area contributed by atoms with E-state index in [1.165, 1.54) is 18.4 Å². The van der Waals surface area contributed by atoms with Crippen molar-refractivity contribution in [3.8, 4) is 0 Å². The molecule has 1 rings (SSSR count). The smallest absolute Gasteiger partial charge is 0.0957 e. The lowest BCUT2D eigenvalue weighted by atomic mass is 10.1. The summed E-state index contributed by atoms with van der Waals surface area (Å²) in [6.07, 6.45) is 2.84. The summed E-state index contributed by atoms with van der Waals surface area (Å²) in [5.74, 6) is 1.13. The van der Waals surface area contributed by atoms with Gasteiger partial charge in [-0.2, -0.15) is 0 Å². The van der Waals surface area contributed by atoms with Crippen molar-refractivity contribution in [1.29, 1.82) is 0 Å². The SMILES string of the molecule is CC1=C(C)O[C@H](C)CC1. The predicted octanol–water partition coefficient (Wildman–Crippen LogP) is 2.48. The van der Waals surface area contributed by atoms with Crippen molar-refractivity contribution in [2.24, 2.45) is 0 Å². The first-order valence-electron chi connectivity index (χ1n) is 3.53. The van der Waals surface area contributed by atoms with Crippen molar-refractivity contribution < 1.29 is 4.74 Å². The van der Waals surface area contributed by atoms with Crippen LogP contribution in [0.5, 0.6) is 0 Å². The second kappa shape index (κ2) is 2.42. The van der Waals surface area contributed by atoms with Crippen molar-refractivity contribution >= 4 is 0 Å². The van der Waals surface area contributed by atoms with E-state index in [1.54, 1.807) is 0 Å². The molecule has 0 spiro atoms. The van der Waals surface area contributed by atoms with Gasteiger partial charge >= 0.3 is 0 Å². The van der Waals surface area contributed by atoms with E-state index in [1.807, 2.05) is 6.92 Å². The molecule has 1 heteroatoms. The van der Waals surface area contributed by atoms with Crippen LogP contribution in [0.25, 0.3) is 0 Å². The maximum Gasteiger partial charge on any atom is 0.0957 e. The molecule has 0 N–H and O–H groups in total. The summed E-state index contributed by atoms with van der Waals surface area (Å²) in [5, 5.41) is 0. The van der Waals surface area contributed by atoms with Gasteiger partial charge in [0.1, 0.15) is 0 Å². The maximum absolute atomic E-state index is 5.48. The van der Waals surface area contributed by atoms with Crippen LogP contribution in [0, 0.1) is 0 Å². The summed E-state index contributed by atoms with van der Waals surface area (Å²) >= 11 is 0. The highest BCUT2D eigenvalue weighted by atomic mass is 16.5. The van der Waals surface area contributed by atoms with Crippen molar-refractivity contribution in [3.63, 3.8) is 0 Å². The van der Waals surface area contributed by atoms with E-state index in [2.05, 4.69) is 13.8 Å². The second-order valence-electron chi connectivity index (χ2n) is 2.80. The number of hydrogen-bond donors (Lipinski definition) is 0. The molecule has 0 saturated heterocycles. The molecule has 0 saturated carbocycles. The van der Waals surface area contributed by atoms with E-state index in [0.717, 1.165) is 5.76 Å². The molecule has 0 unspecified atom stereocenters. The van der Waals surface area contributed by atoms with Gasteiger partial charge in [0.05, 0.1) is 11.9 Å². The fraction of sp³-hybridized carbons (Fsp3) is 0.750. The molecule has 1 heterocycles. The van der Waals surface area contributed by atoms with E-state index in [-0.39, 0.29) is 0 Å². The Kier molecular flexibility index (Phi) is 1.79. The van der Waals surface area contributed by atoms with Crippen LogP contribution >= 0.6 is 0 Å². The van der Waals surface area contributed by atoms with Gasteiger partial charge in [-0.05, 0) is 39.2 Å². The highest BCUT2D eigenvalue weighted by Gasteiger charge is 2.11. The minimum absolute atomic E-state index is 0.439. The lowest BCUT2D eigenvalue weighted by Gasteiger charge is -2.22. The molecule has 1 nitrogen and oxygen atoms in total. The van der Waals surface area contributed by atoms with Crippen molar-refractivity contribution in [2.75, 3.05) is 0 Å². The van der Waals surface area contributed by atoms with Crippen molar-refractivity contribution in [3.05, 3.63) is 11.3 Å². The van der Waals surface area contributed by atoms with Gasteiger partial charge in [-0.1, -0.05) is 0 Å². The van der Waals surface area contributed by atoms with Crippen LogP contribution in [-0.4, -0.2) is 6.10 Å². The first kappa shape index (κ1) is 6.66. The van der Waals surface area contributed by atoms with E-state index in [9.17, 15) is 0 Å². The number of rotatable bonds is 0. The van der Waals surface area contributed by atoms with E-state index in [4.69, 9.17) is 4.74 Å². The van der Waals surface area contributed by atoms with Crippen LogP contribution < -0.4 is 0 Å². The summed E-state index contributed by atoms with van der Waals surface area (Å²) in [7, 11) is 0. The summed E-state index contributed by atoms with van der Waals surface area (Å²) in [5.41, 5.74) is 1.41. The van der Waals surface area contributed by atoms with Gasteiger partial charge in [-0.25, -0.2) is 0 Å². The molecule has 0 amide bonds. The molecule has 52 valence electrons. The van der Waals surface area contributed by atoms with E-state index >= 15 is 0 Å². The standard InChI is InChI=1S/C8H14O/c1-6-4-5-7(2)9-8(6)3/h7H,4-5H2,1-3H3/t7-/m1/s1. The van der Waals surface area contributed by atoms with Crippen LogP contribution in [0.3, 0.4) is 0 Å². The number of allylic oxidation sites excluding steroid dienone is 2. The third-order valence-electron chi connectivity index (χ3n) is 1.90. The van der Waals surface area contributed by atoms with Crippen LogP contribution in [-0.2, 0) is 4.74 Å². The summed E-state index contributed by atoms with van der Waals surface area (Å²) in [6, 6.07) is 0. The minimum atomic E-state index is 0.439. The normalized spacial score (nSPS) is 28.1. The molecular formula is C8H14O. The molecule has 1 aliphatic rings. The molecule has 0 bridgehead atoms. The number of hydrogen-bond acceptors (Lipinski definition) is 1. The molecule has 0 radical (unpaired) electrons. The zero-order valence-corrected chi connectivity index (χ0v) is 6.40. The third-order valence-corrected chi connectivity index (χ3v) is 1.90. The number of ether oxygens (including phenoxy) is 1. The van der Waals surface area contributed by atoms with Crippen LogP contribution in [0.2, 0.25) is 0 Å². The maximum atomic E-state index is 5.48. The molecule has 0 fully saturated rings. The second-order valence-corrected chi connectivity index (χ2v) is 2.80. The Bertz CT molecular complexity index is 136. The Balaban J connectivity index is 2.61. The zero-order valence-electron chi connectivity index (χ0n) is 6.40. The first-order valence-corrected chi connectivity index (χ1v) is 3.53. The third kappa shape index (κ3) is 1.47. The topological polar surface area (TPSA) is 9.23 Å². The Labute approximate surface area is 56.7 Å². The summed E-state index contributed by atoms with van der Waals surface area (Å²) < 4.78 is 5.48. The van der Waals surface area contributed by atoms with Crippen molar-refractivity contribution in [1.82, 2.24) is 0 Å². The zero-order chi connectivity index (χ0) is 6.85. The monoisotopic (exact) mass is 126 g/mol. The average molecular weight is 126 g/mol. The van der Waals surface area contributed by atoms with E-state index in [0.29, 0.717) is 6.10 Å². The Morgan fingerprint density at radius 3 is 2.56 bits per heavy atom. The van der Waals surface area contributed by atoms with Crippen LogP contribution in [0.1, 0.15) is 33.6 Å². The lowest BCUT2D eigenvalue weighted by Crippen LogP contribution is -2.12. The molecule has 1 atom stereocenters. The fourth-order valence-corrected chi connectivity index (χ4v) is 1.06. The summed E-state index contributed by atoms with van der Waals surface area (Å²) in [4.78, 5) is 0. The molecule has 0 aromatic rings. The Morgan fingerprint density at radius 1 is 1.44 bits per heavy atom. The van der Waals surface area contributed by atoms with Crippen molar-refractivity contribution in [2.45, 2.75) is 39.7 Å². The molecule has 9 heavy (non-hydrogen) atoms. The van der Waals surface area contributed by atoms with Gasteiger partial charge < -0.3 is 4.74 Å². The highest BCUT2D eigenvalue weighted by molar-refractivity contribution is 5.06. The van der Waals surface area contributed by atoms with Crippen LogP contribution in [0.15, 0.2) is 11.3 Å². The largest absolute Gasteiger partial charge is 0.495 e. The quantitative estimate of drug-likeness (QED) is 0.484. The molecule has 0 aliphatic carbocycles. The molecular weight excluding hydrogens is 112 g/mol. The molecule has 0 aromatic heterocycles. The molecule has 1 aliphatic heterocycles. The predicted molar refractivity (Wildman–Crippen MR) is 38.2 cm³/mol. The Morgan fingerprint density at radius 2 is 2.11 bits per heavy atom. The lowest BCUT2D eigenvalue weighted by molar-refractivity contribution is 0.107. The fourth-order valence-electron chi connectivity index (χ4n) is 1.06. The highest BCUT2D eigenvalue weighted by Crippen LogP contribution is 2.21. The van der Waals surface area contributed by atoms with Gasteiger partial charge in [0.15, 0.2) is 0 Å².